The maximum absolute atomic E-state index is 11.4. The standard InChI is InChI=1S/C13H15NO/c15-12-8-13(9-14-12)7-3-5-10-4-1-2-6-11(10)13/h1-2,4,6H,3,5,7-9H2,(H,14,15)/t13-/m0/s1. The Morgan fingerprint density at radius 3 is 2.93 bits per heavy atom. The number of rotatable bonds is 0. The minimum Gasteiger partial charge on any atom is -0.355 e. The predicted octanol–water partition coefficient (Wildman–Crippen LogP) is 1.78. The van der Waals surface area contributed by atoms with Crippen molar-refractivity contribution in [1.82, 2.24) is 5.32 Å². The van der Waals surface area contributed by atoms with Crippen LogP contribution in [0, 0.1) is 0 Å². The number of hydrogen-bond donors (Lipinski definition) is 1. The van der Waals surface area contributed by atoms with Crippen LogP contribution in [0.4, 0.5) is 0 Å². The fourth-order valence-electron chi connectivity index (χ4n) is 3.07. The fourth-order valence-corrected chi connectivity index (χ4v) is 3.07. The minimum atomic E-state index is 0.117. The van der Waals surface area contributed by atoms with Gasteiger partial charge in [-0.3, -0.25) is 4.79 Å². The zero-order chi connectivity index (χ0) is 10.3. The van der Waals surface area contributed by atoms with Gasteiger partial charge in [-0.05, 0) is 30.4 Å². The summed E-state index contributed by atoms with van der Waals surface area (Å²) in [5.74, 6) is 0.215. The SMILES string of the molecule is O=C1C[C@@]2(CCCc3ccccc32)CN1. The monoisotopic (exact) mass is 201 g/mol. The van der Waals surface area contributed by atoms with Crippen LogP contribution in [-0.2, 0) is 16.6 Å². The quantitative estimate of drug-likeness (QED) is 0.681. The Morgan fingerprint density at radius 2 is 2.13 bits per heavy atom. The van der Waals surface area contributed by atoms with Crippen LogP contribution in [-0.4, -0.2) is 12.5 Å². The molecule has 1 heterocycles. The molecule has 0 bridgehead atoms. The van der Waals surface area contributed by atoms with Gasteiger partial charge in [-0.2, -0.15) is 0 Å². The summed E-state index contributed by atoms with van der Waals surface area (Å²) in [6, 6.07) is 8.60. The second-order valence-electron chi connectivity index (χ2n) is 4.74. The number of benzene rings is 1. The first-order valence-corrected chi connectivity index (χ1v) is 5.65. The largest absolute Gasteiger partial charge is 0.355 e. The van der Waals surface area contributed by atoms with E-state index in [0.717, 1.165) is 13.0 Å². The molecule has 1 amide bonds. The van der Waals surface area contributed by atoms with Crippen molar-refractivity contribution in [1.29, 1.82) is 0 Å². The molecule has 1 aromatic rings. The van der Waals surface area contributed by atoms with Crippen molar-refractivity contribution in [2.75, 3.05) is 6.54 Å². The van der Waals surface area contributed by atoms with Crippen LogP contribution in [0.3, 0.4) is 0 Å². The van der Waals surface area contributed by atoms with Crippen LogP contribution in [0.5, 0.6) is 0 Å². The van der Waals surface area contributed by atoms with Crippen molar-refractivity contribution in [2.24, 2.45) is 0 Å². The fraction of sp³-hybridized carbons (Fsp3) is 0.462. The molecule has 0 aromatic heterocycles. The molecule has 0 radical (unpaired) electrons. The summed E-state index contributed by atoms with van der Waals surface area (Å²) in [6.45, 7) is 0.836. The van der Waals surface area contributed by atoms with E-state index in [1.807, 2.05) is 0 Å². The Labute approximate surface area is 89.7 Å². The van der Waals surface area contributed by atoms with Gasteiger partial charge in [0.2, 0.25) is 5.91 Å². The van der Waals surface area contributed by atoms with Crippen LogP contribution in [0.25, 0.3) is 0 Å². The summed E-state index contributed by atoms with van der Waals surface area (Å²) >= 11 is 0. The van der Waals surface area contributed by atoms with Gasteiger partial charge in [0, 0.05) is 18.4 Å². The second kappa shape index (κ2) is 3.09. The molecule has 0 unspecified atom stereocenters. The highest BCUT2D eigenvalue weighted by Crippen LogP contribution is 2.41. The summed E-state index contributed by atoms with van der Waals surface area (Å²) < 4.78 is 0. The van der Waals surface area contributed by atoms with E-state index >= 15 is 0 Å². The Kier molecular flexibility index (Phi) is 1.84. The average Bonchev–Trinajstić information content (AvgIpc) is 2.62. The molecular weight excluding hydrogens is 186 g/mol. The average molecular weight is 201 g/mol. The Hall–Kier alpha value is -1.31. The van der Waals surface area contributed by atoms with Gasteiger partial charge in [-0.1, -0.05) is 24.3 Å². The molecule has 1 aliphatic carbocycles. The lowest BCUT2D eigenvalue weighted by molar-refractivity contribution is -0.119. The normalized spacial score (nSPS) is 28.9. The zero-order valence-electron chi connectivity index (χ0n) is 8.75. The number of aryl methyl sites for hydroxylation is 1. The molecule has 2 aliphatic rings. The van der Waals surface area contributed by atoms with Gasteiger partial charge in [0.05, 0.1) is 0 Å². The molecule has 1 aliphatic heterocycles. The van der Waals surface area contributed by atoms with Gasteiger partial charge in [0.25, 0.3) is 0 Å². The van der Waals surface area contributed by atoms with Gasteiger partial charge in [0.1, 0.15) is 0 Å². The molecule has 0 saturated carbocycles. The number of nitrogens with one attached hydrogen (secondary N) is 1. The molecule has 78 valence electrons. The molecule has 1 fully saturated rings. The van der Waals surface area contributed by atoms with Crippen LogP contribution in [0.2, 0.25) is 0 Å². The molecule has 1 N–H and O–H groups in total. The minimum absolute atomic E-state index is 0.117. The van der Waals surface area contributed by atoms with Crippen molar-refractivity contribution < 1.29 is 4.79 Å². The Bertz CT molecular complexity index is 413. The molecule has 1 spiro atoms. The van der Waals surface area contributed by atoms with E-state index in [4.69, 9.17) is 0 Å². The first-order chi connectivity index (χ1) is 7.30. The van der Waals surface area contributed by atoms with Gasteiger partial charge in [-0.15, -0.1) is 0 Å². The molecule has 1 atom stereocenters. The van der Waals surface area contributed by atoms with Gasteiger partial charge < -0.3 is 5.32 Å². The lowest BCUT2D eigenvalue weighted by Gasteiger charge is -2.34. The summed E-state index contributed by atoms with van der Waals surface area (Å²) in [7, 11) is 0. The lowest BCUT2D eigenvalue weighted by atomic mass is 9.69. The first kappa shape index (κ1) is 8.96. The van der Waals surface area contributed by atoms with Crippen molar-refractivity contribution in [2.45, 2.75) is 31.1 Å². The maximum atomic E-state index is 11.4. The van der Waals surface area contributed by atoms with Crippen molar-refractivity contribution in [3.8, 4) is 0 Å². The highest BCUT2D eigenvalue weighted by molar-refractivity contribution is 5.81. The number of carbonyl (C=O) groups is 1. The molecule has 2 heteroatoms. The Balaban J connectivity index is 2.09. The van der Waals surface area contributed by atoms with Crippen molar-refractivity contribution in [3.63, 3.8) is 0 Å². The first-order valence-electron chi connectivity index (χ1n) is 5.65. The summed E-state index contributed by atoms with van der Waals surface area (Å²) in [5.41, 5.74) is 2.97. The molecule has 1 saturated heterocycles. The topological polar surface area (TPSA) is 29.1 Å². The van der Waals surface area contributed by atoms with E-state index in [1.54, 1.807) is 0 Å². The van der Waals surface area contributed by atoms with E-state index in [1.165, 1.54) is 24.0 Å². The second-order valence-corrected chi connectivity index (χ2v) is 4.74. The van der Waals surface area contributed by atoms with Crippen molar-refractivity contribution >= 4 is 5.91 Å². The summed E-state index contributed by atoms with van der Waals surface area (Å²) in [4.78, 5) is 11.4. The molecule has 15 heavy (non-hydrogen) atoms. The third kappa shape index (κ3) is 1.28. The van der Waals surface area contributed by atoms with E-state index in [0.29, 0.717) is 6.42 Å². The van der Waals surface area contributed by atoms with Crippen LogP contribution in [0.1, 0.15) is 30.4 Å². The van der Waals surface area contributed by atoms with Gasteiger partial charge in [-0.25, -0.2) is 0 Å². The van der Waals surface area contributed by atoms with Crippen molar-refractivity contribution in [3.05, 3.63) is 35.4 Å². The highest BCUT2D eigenvalue weighted by atomic mass is 16.1. The van der Waals surface area contributed by atoms with Crippen LogP contribution in [0.15, 0.2) is 24.3 Å². The van der Waals surface area contributed by atoms with Crippen LogP contribution >= 0.6 is 0 Å². The number of amides is 1. The van der Waals surface area contributed by atoms with E-state index < -0.39 is 0 Å². The number of carbonyl (C=O) groups excluding carboxylic acids is 1. The zero-order valence-corrected chi connectivity index (χ0v) is 8.75. The van der Waals surface area contributed by atoms with E-state index in [-0.39, 0.29) is 11.3 Å². The summed E-state index contributed by atoms with van der Waals surface area (Å²) in [6.07, 6.45) is 4.23. The highest BCUT2D eigenvalue weighted by Gasteiger charge is 2.42. The third-order valence-corrected chi connectivity index (χ3v) is 3.81. The number of hydrogen-bond acceptors (Lipinski definition) is 1. The molecule has 3 rings (SSSR count). The molecule has 2 nitrogen and oxygen atoms in total. The molecule has 1 aromatic carbocycles. The lowest BCUT2D eigenvalue weighted by Crippen LogP contribution is -2.33. The Morgan fingerprint density at radius 1 is 1.27 bits per heavy atom. The molecular formula is C13H15NO. The maximum Gasteiger partial charge on any atom is 0.220 e. The van der Waals surface area contributed by atoms with Gasteiger partial charge >= 0.3 is 0 Å². The van der Waals surface area contributed by atoms with E-state index in [9.17, 15) is 4.79 Å². The predicted molar refractivity (Wildman–Crippen MR) is 58.7 cm³/mol. The third-order valence-electron chi connectivity index (χ3n) is 3.81. The van der Waals surface area contributed by atoms with Crippen LogP contribution < -0.4 is 5.32 Å². The summed E-state index contributed by atoms with van der Waals surface area (Å²) in [5, 5.41) is 2.98. The van der Waals surface area contributed by atoms with Gasteiger partial charge in [0.15, 0.2) is 0 Å². The number of fused-ring (bicyclic) bond motifs is 2. The smallest absolute Gasteiger partial charge is 0.220 e. The van der Waals surface area contributed by atoms with E-state index in [2.05, 4.69) is 29.6 Å².